The highest BCUT2D eigenvalue weighted by Gasteiger charge is 2.15. The van der Waals surface area contributed by atoms with Crippen LogP contribution in [-0.4, -0.2) is 19.8 Å². The van der Waals surface area contributed by atoms with E-state index in [2.05, 4.69) is 85.0 Å². The second-order valence-electron chi connectivity index (χ2n) is 7.41. The largest absolute Gasteiger partial charge is 0.490 e. The lowest BCUT2D eigenvalue weighted by Gasteiger charge is -2.21. The summed E-state index contributed by atoms with van der Waals surface area (Å²) in [6.45, 7) is 8.37. The first kappa shape index (κ1) is 21.9. The van der Waals surface area contributed by atoms with Gasteiger partial charge in [-0.15, -0.1) is 0 Å². The van der Waals surface area contributed by atoms with Crippen LogP contribution in [0.5, 0.6) is 11.5 Å². The fourth-order valence-corrected chi connectivity index (χ4v) is 3.80. The first-order chi connectivity index (χ1) is 14.7. The number of hydrogen-bond donors (Lipinski definition) is 1. The van der Waals surface area contributed by atoms with Crippen molar-refractivity contribution >= 4 is 0 Å². The summed E-state index contributed by atoms with van der Waals surface area (Å²) in [5.74, 6) is 2.01. The van der Waals surface area contributed by atoms with Crippen LogP contribution in [0.4, 0.5) is 0 Å². The van der Waals surface area contributed by atoms with E-state index in [9.17, 15) is 0 Å². The van der Waals surface area contributed by atoms with Gasteiger partial charge in [0.25, 0.3) is 0 Å². The molecular formula is C27H33NO2. The Labute approximate surface area is 181 Å². The monoisotopic (exact) mass is 403 g/mol. The first-order valence-electron chi connectivity index (χ1n) is 11.0. The third kappa shape index (κ3) is 5.87. The molecule has 3 aromatic rings. The second kappa shape index (κ2) is 11.4. The average Bonchev–Trinajstić information content (AvgIpc) is 2.79. The van der Waals surface area contributed by atoms with E-state index < -0.39 is 0 Å². The summed E-state index contributed by atoms with van der Waals surface area (Å²) >= 11 is 0. The van der Waals surface area contributed by atoms with E-state index in [1.54, 1.807) is 0 Å². The van der Waals surface area contributed by atoms with Crippen LogP contribution in [0.1, 0.15) is 55.8 Å². The molecule has 3 aromatic carbocycles. The first-order valence-corrected chi connectivity index (χ1v) is 11.0. The van der Waals surface area contributed by atoms with Crippen molar-refractivity contribution in [3.05, 3.63) is 95.6 Å². The third-order valence-corrected chi connectivity index (χ3v) is 5.35. The number of benzene rings is 3. The average molecular weight is 404 g/mol. The highest BCUT2D eigenvalue weighted by Crippen LogP contribution is 2.31. The van der Waals surface area contributed by atoms with Crippen molar-refractivity contribution in [2.45, 2.75) is 39.2 Å². The molecule has 0 aromatic heterocycles. The highest BCUT2D eigenvalue weighted by molar-refractivity contribution is 5.44. The SMILES string of the molecule is CCOc1ccc(C(C)NCCC(c2ccccc2)c2ccccc2)cc1OCC. The Balaban J connectivity index is 1.67. The van der Waals surface area contributed by atoms with Crippen LogP contribution in [0.3, 0.4) is 0 Å². The van der Waals surface area contributed by atoms with Crippen LogP contribution in [-0.2, 0) is 0 Å². The molecule has 30 heavy (non-hydrogen) atoms. The predicted molar refractivity (Wildman–Crippen MR) is 125 cm³/mol. The standard InChI is InChI=1S/C27H33NO2/c1-4-29-26-17-16-24(20-27(26)30-5-2)21(3)28-19-18-25(22-12-8-6-9-13-22)23-14-10-7-11-15-23/h6-17,20-21,25,28H,4-5,18-19H2,1-3H3. The molecule has 0 saturated carbocycles. The van der Waals surface area contributed by atoms with E-state index in [4.69, 9.17) is 9.47 Å². The van der Waals surface area contributed by atoms with Gasteiger partial charge in [0, 0.05) is 12.0 Å². The molecule has 1 unspecified atom stereocenters. The van der Waals surface area contributed by atoms with Crippen LogP contribution in [0, 0.1) is 0 Å². The molecule has 0 aliphatic rings. The van der Waals surface area contributed by atoms with E-state index in [1.165, 1.54) is 16.7 Å². The van der Waals surface area contributed by atoms with Crippen molar-refractivity contribution < 1.29 is 9.47 Å². The maximum absolute atomic E-state index is 5.79. The van der Waals surface area contributed by atoms with Gasteiger partial charge in [-0.3, -0.25) is 0 Å². The molecule has 0 fully saturated rings. The van der Waals surface area contributed by atoms with Gasteiger partial charge in [-0.05, 0) is 62.6 Å². The Kier molecular flexibility index (Phi) is 8.34. The number of nitrogens with one attached hydrogen (secondary N) is 1. The van der Waals surface area contributed by atoms with Gasteiger partial charge in [-0.2, -0.15) is 0 Å². The Hall–Kier alpha value is -2.78. The molecular weight excluding hydrogens is 370 g/mol. The van der Waals surface area contributed by atoms with Gasteiger partial charge in [0.05, 0.1) is 13.2 Å². The number of rotatable bonds is 11. The summed E-state index contributed by atoms with van der Waals surface area (Å²) in [5.41, 5.74) is 3.92. The fraction of sp³-hybridized carbons (Fsp3) is 0.333. The van der Waals surface area contributed by atoms with Gasteiger partial charge in [0.15, 0.2) is 11.5 Å². The molecule has 1 atom stereocenters. The van der Waals surface area contributed by atoms with Crippen LogP contribution in [0.25, 0.3) is 0 Å². The van der Waals surface area contributed by atoms with Crippen LogP contribution in [0.15, 0.2) is 78.9 Å². The van der Waals surface area contributed by atoms with E-state index in [0.717, 1.165) is 24.5 Å². The normalized spacial score (nSPS) is 12.0. The van der Waals surface area contributed by atoms with Gasteiger partial charge in [-0.25, -0.2) is 0 Å². The predicted octanol–water partition coefficient (Wildman–Crippen LogP) is 6.36. The zero-order valence-corrected chi connectivity index (χ0v) is 18.3. The molecule has 3 rings (SSSR count). The molecule has 0 heterocycles. The second-order valence-corrected chi connectivity index (χ2v) is 7.41. The fourth-order valence-electron chi connectivity index (χ4n) is 3.80. The minimum atomic E-state index is 0.229. The number of hydrogen-bond acceptors (Lipinski definition) is 3. The minimum Gasteiger partial charge on any atom is -0.490 e. The third-order valence-electron chi connectivity index (χ3n) is 5.35. The lowest BCUT2D eigenvalue weighted by Crippen LogP contribution is -2.22. The van der Waals surface area contributed by atoms with Crippen molar-refractivity contribution in [1.29, 1.82) is 0 Å². The highest BCUT2D eigenvalue weighted by atomic mass is 16.5. The molecule has 3 nitrogen and oxygen atoms in total. The maximum atomic E-state index is 5.79. The molecule has 0 saturated heterocycles. The summed E-state index contributed by atoms with van der Waals surface area (Å²) in [5, 5.41) is 3.69. The Morgan fingerprint density at radius 2 is 1.27 bits per heavy atom. The summed E-state index contributed by atoms with van der Waals surface area (Å²) < 4.78 is 11.5. The summed E-state index contributed by atoms with van der Waals surface area (Å²) in [7, 11) is 0. The molecule has 0 spiro atoms. The quantitative estimate of drug-likeness (QED) is 0.404. The van der Waals surface area contributed by atoms with Gasteiger partial charge in [0.2, 0.25) is 0 Å². The Morgan fingerprint density at radius 3 is 1.83 bits per heavy atom. The number of ether oxygens (including phenoxy) is 2. The van der Waals surface area contributed by atoms with Crippen LogP contribution in [0.2, 0.25) is 0 Å². The summed E-state index contributed by atoms with van der Waals surface area (Å²) in [6, 6.07) is 28.0. The molecule has 0 aliphatic carbocycles. The Bertz CT molecular complexity index is 840. The zero-order valence-electron chi connectivity index (χ0n) is 18.3. The smallest absolute Gasteiger partial charge is 0.161 e. The van der Waals surface area contributed by atoms with E-state index in [-0.39, 0.29) is 6.04 Å². The van der Waals surface area contributed by atoms with Crippen molar-refractivity contribution in [3.63, 3.8) is 0 Å². The molecule has 0 amide bonds. The van der Waals surface area contributed by atoms with Crippen molar-refractivity contribution in [2.75, 3.05) is 19.8 Å². The van der Waals surface area contributed by atoms with Crippen LogP contribution < -0.4 is 14.8 Å². The zero-order chi connectivity index (χ0) is 21.2. The van der Waals surface area contributed by atoms with E-state index in [1.807, 2.05) is 19.9 Å². The van der Waals surface area contributed by atoms with Gasteiger partial charge in [0.1, 0.15) is 0 Å². The molecule has 0 aliphatic heterocycles. The van der Waals surface area contributed by atoms with Crippen LogP contribution >= 0.6 is 0 Å². The molecule has 158 valence electrons. The minimum absolute atomic E-state index is 0.229. The Morgan fingerprint density at radius 1 is 0.700 bits per heavy atom. The lowest BCUT2D eigenvalue weighted by molar-refractivity contribution is 0.287. The van der Waals surface area contributed by atoms with Gasteiger partial charge in [-0.1, -0.05) is 66.7 Å². The van der Waals surface area contributed by atoms with Crippen molar-refractivity contribution in [1.82, 2.24) is 5.32 Å². The lowest BCUT2D eigenvalue weighted by atomic mass is 9.88. The molecule has 3 heteroatoms. The summed E-state index contributed by atoms with van der Waals surface area (Å²) in [6.07, 6.45) is 1.04. The molecule has 0 radical (unpaired) electrons. The van der Waals surface area contributed by atoms with Gasteiger partial charge < -0.3 is 14.8 Å². The van der Waals surface area contributed by atoms with Crippen molar-refractivity contribution in [2.24, 2.45) is 0 Å². The van der Waals surface area contributed by atoms with Crippen molar-refractivity contribution in [3.8, 4) is 11.5 Å². The molecule has 0 bridgehead atoms. The maximum Gasteiger partial charge on any atom is 0.161 e. The summed E-state index contributed by atoms with van der Waals surface area (Å²) in [4.78, 5) is 0. The van der Waals surface area contributed by atoms with E-state index in [0.29, 0.717) is 19.1 Å². The van der Waals surface area contributed by atoms with E-state index >= 15 is 0 Å². The van der Waals surface area contributed by atoms with Gasteiger partial charge >= 0.3 is 0 Å². The molecule has 1 N–H and O–H groups in total. The topological polar surface area (TPSA) is 30.5 Å².